The van der Waals surface area contributed by atoms with Crippen LogP contribution in [-0.4, -0.2) is 39.4 Å². The van der Waals surface area contributed by atoms with Gasteiger partial charge in [-0.15, -0.1) is 0 Å². The van der Waals surface area contributed by atoms with Crippen LogP contribution in [0.5, 0.6) is 0 Å². The lowest BCUT2D eigenvalue weighted by Crippen LogP contribution is -2.46. The van der Waals surface area contributed by atoms with Gasteiger partial charge in [-0.2, -0.15) is 0 Å². The van der Waals surface area contributed by atoms with Crippen molar-refractivity contribution in [3.63, 3.8) is 0 Å². The Labute approximate surface area is 106 Å². The van der Waals surface area contributed by atoms with Gasteiger partial charge in [0.05, 0.1) is 6.61 Å². The van der Waals surface area contributed by atoms with E-state index < -0.39 is 0 Å². The smallest absolute Gasteiger partial charge is 0.0591 e. The molecule has 17 heavy (non-hydrogen) atoms. The van der Waals surface area contributed by atoms with Gasteiger partial charge in [0.25, 0.3) is 0 Å². The lowest BCUT2D eigenvalue weighted by molar-refractivity contribution is 0.119. The third kappa shape index (κ3) is 4.57. The molecule has 100 valence electrons. The number of rotatable bonds is 8. The van der Waals surface area contributed by atoms with Crippen molar-refractivity contribution in [3.05, 3.63) is 0 Å². The summed E-state index contributed by atoms with van der Waals surface area (Å²) in [4.78, 5) is 0. The zero-order valence-electron chi connectivity index (χ0n) is 11.3. The van der Waals surface area contributed by atoms with Crippen LogP contribution in [0.25, 0.3) is 0 Å². The Morgan fingerprint density at radius 1 is 1.41 bits per heavy atom. The fourth-order valence-electron chi connectivity index (χ4n) is 2.64. The van der Waals surface area contributed by atoms with Crippen molar-refractivity contribution in [2.24, 2.45) is 11.3 Å². The maximum atomic E-state index is 5.64. The molecule has 0 aromatic rings. The van der Waals surface area contributed by atoms with Crippen molar-refractivity contribution < 1.29 is 4.74 Å². The molecule has 0 radical (unpaired) electrons. The summed E-state index contributed by atoms with van der Waals surface area (Å²) in [6, 6.07) is 0. The van der Waals surface area contributed by atoms with E-state index in [2.05, 4.69) is 17.6 Å². The lowest BCUT2D eigenvalue weighted by atomic mass is 9.78. The molecule has 1 unspecified atom stereocenters. The molecule has 0 spiro atoms. The van der Waals surface area contributed by atoms with Crippen LogP contribution in [0.3, 0.4) is 0 Å². The van der Waals surface area contributed by atoms with Gasteiger partial charge in [-0.05, 0) is 50.0 Å². The van der Waals surface area contributed by atoms with Gasteiger partial charge in [-0.25, -0.2) is 0 Å². The van der Waals surface area contributed by atoms with Crippen LogP contribution in [0, 0.1) is 11.3 Å². The quantitative estimate of drug-likeness (QED) is 0.635. The molecule has 1 saturated heterocycles. The summed E-state index contributed by atoms with van der Waals surface area (Å²) in [6.07, 6.45) is 6.74. The molecule has 1 atom stereocenters. The predicted octanol–water partition coefficient (Wildman–Crippen LogP) is 1.78. The molecule has 2 rings (SSSR count). The summed E-state index contributed by atoms with van der Waals surface area (Å²) in [7, 11) is 0. The zero-order valence-corrected chi connectivity index (χ0v) is 11.3. The van der Waals surface area contributed by atoms with Gasteiger partial charge in [0, 0.05) is 26.2 Å². The first-order valence-electron chi connectivity index (χ1n) is 7.34. The second-order valence-electron chi connectivity index (χ2n) is 5.83. The summed E-state index contributed by atoms with van der Waals surface area (Å²) in [6.45, 7) is 8.72. The van der Waals surface area contributed by atoms with E-state index in [-0.39, 0.29) is 0 Å². The van der Waals surface area contributed by atoms with Gasteiger partial charge in [0.15, 0.2) is 0 Å². The highest BCUT2D eigenvalue weighted by Crippen LogP contribution is 2.29. The third-order valence-corrected chi connectivity index (χ3v) is 4.28. The molecule has 2 aliphatic rings. The van der Waals surface area contributed by atoms with Crippen LogP contribution in [-0.2, 0) is 4.74 Å². The summed E-state index contributed by atoms with van der Waals surface area (Å²) in [5.74, 6) is 0.888. The van der Waals surface area contributed by atoms with Crippen molar-refractivity contribution in [1.29, 1.82) is 0 Å². The average molecular weight is 240 g/mol. The first kappa shape index (κ1) is 13.3. The summed E-state index contributed by atoms with van der Waals surface area (Å²) in [5.41, 5.74) is 0.495. The van der Waals surface area contributed by atoms with Gasteiger partial charge in [0.1, 0.15) is 0 Å². The standard InChI is InChI=1S/C14H28N2O/c1-2-14(6-3-7-15-11-14)12-16-8-9-17-10-13-4-5-13/h13,15-16H,2-12H2,1H3. The molecule has 0 aromatic heterocycles. The largest absolute Gasteiger partial charge is 0.380 e. The highest BCUT2D eigenvalue weighted by molar-refractivity contribution is 4.86. The number of ether oxygens (including phenoxy) is 1. The van der Waals surface area contributed by atoms with E-state index in [1.165, 1.54) is 45.2 Å². The second kappa shape index (κ2) is 6.72. The van der Waals surface area contributed by atoms with E-state index in [0.29, 0.717) is 5.41 Å². The number of nitrogens with one attached hydrogen (secondary N) is 2. The first-order chi connectivity index (χ1) is 8.35. The normalized spacial score (nSPS) is 29.5. The van der Waals surface area contributed by atoms with E-state index in [0.717, 1.165) is 32.2 Å². The number of hydrogen-bond acceptors (Lipinski definition) is 3. The van der Waals surface area contributed by atoms with Crippen LogP contribution in [0.1, 0.15) is 39.0 Å². The minimum absolute atomic E-state index is 0.495. The molecule has 2 fully saturated rings. The molecule has 0 amide bonds. The Bertz CT molecular complexity index is 210. The Morgan fingerprint density at radius 2 is 2.29 bits per heavy atom. The van der Waals surface area contributed by atoms with E-state index in [4.69, 9.17) is 4.74 Å². The molecule has 3 nitrogen and oxygen atoms in total. The van der Waals surface area contributed by atoms with Crippen molar-refractivity contribution in [3.8, 4) is 0 Å². The highest BCUT2D eigenvalue weighted by atomic mass is 16.5. The number of hydrogen-bond donors (Lipinski definition) is 2. The molecular weight excluding hydrogens is 212 g/mol. The lowest BCUT2D eigenvalue weighted by Gasteiger charge is -2.37. The maximum absolute atomic E-state index is 5.64. The fourth-order valence-corrected chi connectivity index (χ4v) is 2.64. The predicted molar refractivity (Wildman–Crippen MR) is 71.2 cm³/mol. The summed E-state index contributed by atoms with van der Waals surface area (Å²) >= 11 is 0. The van der Waals surface area contributed by atoms with Crippen molar-refractivity contribution in [2.45, 2.75) is 39.0 Å². The Morgan fingerprint density at radius 3 is 2.94 bits per heavy atom. The highest BCUT2D eigenvalue weighted by Gasteiger charge is 2.29. The molecule has 1 aliphatic carbocycles. The molecular formula is C14H28N2O. The van der Waals surface area contributed by atoms with Crippen LogP contribution < -0.4 is 10.6 Å². The SMILES string of the molecule is CCC1(CNCCOCC2CC2)CCCNC1. The molecule has 0 aromatic carbocycles. The van der Waals surface area contributed by atoms with Gasteiger partial charge in [0.2, 0.25) is 0 Å². The van der Waals surface area contributed by atoms with Crippen molar-refractivity contribution in [2.75, 3.05) is 39.4 Å². The van der Waals surface area contributed by atoms with E-state index in [9.17, 15) is 0 Å². The van der Waals surface area contributed by atoms with Crippen molar-refractivity contribution >= 4 is 0 Å². The summed E-state index contributed by atoms with van der Waals surface area (Å²) < 4.78 is 5.64. The molecule has 1 aliphatic heterocycles. The van der Waals surface area contributed by atoms with Gasteiger partial charge in [-0.1, -0.05) is 6.92 Å². The minimum Gasteiger partial charge on any atom is -0.380 e. The van der Waals surface area contributed by atoms with Gasteiger partial charge in [-0.3, -0.25) is 0 Å². The van der Waals surface area contributed by atoms with Crippen molar-refractivity contribution in [1.82, 2.24) is 10.6 Å². The van der Waals surface area contributed by atoms with Crippen LogP contribution in [0.4, 0.5) is 0 Å². The maximum Gasteiger partial charge on any atom is 0.0591 e. The minimum atomic E-state index is 0.495. The molecule has 3 heteroatoms. The van der Waals surface area contributed by atoms with E-state index in [1.54, 1.807) is 0 Å². The van der Waals surface area contributed by atoms with Crippen LogP contribution in [0.15, 0.2) is 0 Å². The van der Waals surface area contributed by atoms with Gasteiger partial charge >= 0.3 is 0 Å². The Kier molecular flexibility index (Phi) is 5.26. The monoisotopic (exact) mass is 240 g/mol. The van der Waals surface area contributed by atoms with Gasteiger partial charge < -0.3 is 15.4 Å². The molecule has 1 heterocycles. The van der Waals surface area contributed by atoms with E-state index >= 15 is 0 Å². The summed E-state index contributed by atoms with van der Waals surface area (Å²) in [5, 5.41) is 7.11. The Balaban J connectivity index is 1.52. The van der Waals surface area contributed by atoms with Crippen LogP contribution >= 0.6 is 0 Å². The first-order valence-corrected chi connectivity index (χ1v) is 7.34. The second-order valence-corrected chi connectivity index (χ2v) is 5.83. The average Bonchev–Trinajstić information content (AvgIpc) is 3.19. The molecule has 0 bridgehead atoms. The zero-order chi connectivity index (χ0) is 12.0. The number of piperidine rings is 1. The molecule has 1 saturated carbocycles. The fraction of sp³-hybridized carbons (Fsp3) is 1.00. The Hall–Kier alpha value is -0.120. The van der Waals surface area contributed by atoms with Crippen LogP contribution in [0.2, 0.25) is 0 Å². The molecule has 2 N–H and O–H groups in total. The van der Waals surface area contributed by atoms with E-state index in [1.807, 2.05) is 0 Å². The topological polar surface area (TPSA) is 33.3 Å². The third-order valence-electron chi connectivity index (χ3n) is 4.28.